The van der Waals surface area contributed by atoms with Crippen molar-refractivity contribution in [2.24, 2.45) is 0 Å². The number of sulfonamides is 1. The van der Waals surface area contributed by atoms with Crippen LogP contribution in [0.2, 0.25) is 0 Å². The van der Waals surface area contributed by atoms with Crippen molar-refractivity contribution in [3.63, 3.8) is 0 Å². The van der Waals surface area contributed by atoms with Gasteiger partial charge in [-0.25, -0.2) is 8.42 Å². The summed E-state index contributed by atoms with van der Waals surface area (Å²) in [6.07, 6.45) is 0. The Morgan fingerprint density at radius 1 is 0.903 bits per heavy atom. The van der Waals surface area contributed by atoms with E-state index < -0.39 is 10.0 Å². The maximum absolute atomic E-state index is 13.1. The molecule has 0 bridgehead atoms. The minimum absolute atomic E-state index is 0.0816. The number of ether oxygens (including phenoxy) is 2. The number of hydrogen-bond acceptors (Lipinski definition) is 5. The van der Waals surface area contributed by atoms with Gasteiger partial charge in [0, 0.05) is 18.7 Å². The third kappa shape index (κ3) is 4.93. The summed E-state index contributed by atoms with van der Waals surface area (Å²) >= 11 is 0. The van der Waals surface area contributed by atoms with E-state index in [0.717, 1.165) is 0 Å². The average molecular weight is 439 g/mol. The fraction of sp³-hybridized carbons (Fsp3) is 0.174. The molecule has 0 atom stereocenters. The molecule has 1 N–H and O–H groups in total. The summed E-state index contributed by atoms with van der Waals surface area (Å²) in [6.45, 7) is 1.28. The molecule has 0 unspecified atom stereocenters. The minimum atomic E-state index is -3.73. The Hall–Kier alpha value is -3.20. The van der Waals surface area contributed by atoms with Gasteiger partial charge in [0.05, 0.1) is 23.8 Å². The fourth-order valence-corrected chi connectivity index (χ4v) is 4.63. The Balaban J connectivity index is 1.69. The largest absolute Gasteiger partial charge is 0.455 e. The monoisotopic (exact) mass is 438 g/mol. The molecule has 0 saturated carbocycles. The molecule has 1 fully saturated rings. The molecule has 0 aromatic heterocycles. The molecule has 1 aliphatic heterocycles. The van der Waals surface area contributed by atoms with E-state index in [1.54, 1.807) is 42.5 Å². The quantitative estimate of drug-likeness (QED) is 0.634. The number of carbonyl (C=O) groups is 1. The highest BCUT2D eigenvalue weighted by Gasteiger charge is 2.27. The highest BCUT2D eigenvalue weighted by molar-refractivity contribution is 7.89. The molecule has 3 aromatic rings. The summed E-state index contributed by atoms with van der Waals surface area (Å²) in [5, 5.41) is 2.79. The van der Waals surface area contributed by atoms with E-state index in [2.05, 4.69) is 5.32 Å². The Morgan fingerprint density at radius 2 is 1.55 bits per heavy atom. The van der Waals surface area contributed by atoms with Crippen molar-refractivity contribution >= 4 is 21.6 Å². The van der Waals surface area contributed by atoms with E-state index in [9.17, 15) is 13.2 Å². The summed E-state index contributed by atoms with van der Waals surface area (Å²) in [5.41, 5.74) is 0.724. The molecule has 7 nitrogen and oxygen atoms in total. The predicted octanol–water partition coefficient (Wildman–Crippen LogP) is 3.75. The number of morpholine rings is 1. The van der Waals surface area contributed by atoms with Gasteiger partial charge in [0.2, 0.25) is 10.0 Å². The van der Waals surface area contributed by atoms with Gasteiger partial charge in [0.15, 0.2) is 5.75 Å². The van der Waals surface area contributed by atoms with Crippen LogP contribution in [0.4, 0.5) is 5.69 Å². The van der Waals surface area contributed by atoms with Gasteiger partial charge in [-0.15, -0.1) is 0 Å². The topological polar surface area (TPSA) is 84.9 Å². The van der Waals surface area contributed by atoms with Gasteiger partial charge in [-0.3, -0.25) is 4.79 Å². The van der Waals surface area contributed by atoms with E-state index in [4.69, 9.17) is 9.47 Å². The molecule has 0 radical (unpaired) electrons. The third-order valence-corrected chi connectivity index (χ3v) is 6.71. The Labute approximate surface area is 181 Å². The van der Waals surface area contributed by atoms with Crippen LogP contribution in [-0.2, 0) is 14.8 Å². The smallest absolute Gasteiger partial charge is 0.255 e. The zero-order chi connectivity index (χ0) is 21.7. The molecule has 0 spiro atoms. The van der Waals surface area contributed by atoms with Crippen molar-refractivity contribution in [1.29, 1.82) is 0 Å². The van der Waals surface area contributed by atoms with Crippen LogP contribution in [0.3, 0.4) is 0 Å². The van der Waals surface area contributed by atoms with E-state index in [1.165, 1.54) is 16.4 Å². The van der Waals surface area contributed by atoms with E-state index in [1.807, 2.05) is 24.3 Å². The van der Waals surface area contributed by atoms with Crippen LogP contribution in [0.1, 0.15) is 10.4 Å². The first-order valence-corrected chi connectivity index (χ1v) is 11.3. The number of amides is 1. The van der Waals surface area contributed by atoms with Crippen LogP contribution >= 0.6 is 0 Å². The summed E-state index contributed by atoms with van der Waals surface area (Å²) in [6, 6.07) is 22.3. The molecular formula is C23H22N2O5S. The second-order valence-corrected chi connectivity index (χ2v) is 8.85. The molecule has 31 heavy (non-hydrogen) atoms. The molecule has 160 valence electrons. The van der Waals surface area contributed by atoms with E-state index in [0.29, 0.717) is 30.3 Å². The number of nitrogens with one attached hydrogen (secondary N) is 1. The Bertz CT molecular complexity index is 1150. The first-order valence-electron chi connectivity index (χ1n) is 9.85. The number of benzene rings is 3. The summed E-state index contributed by atoms with van der Waals surface area (Å²) < 4.78 is 38.7. The highest BCUT2D eigenvalue weighted by atomic mass is 32.2. The van der Waals surface area contributed by atoms with Gasteiger partial charge in [0.1, 0.15) is 5.75 Å². The van der Waals surface area contributed by atoms with Gasteiger partial charge in [-0.1, -0.05) is 36.4 Å². The maximum Gasteiger partial charge on any atom is 0.255 e. The minimum Gasteiger partial charge on any atom is -0.455 e. The SMILES string of the molecule is O=C(Nc1cc(S(=O)(=O)N2CCOCC2)ccc1Oc1ccccc1)c1ccccc1. The summed E-state index contributed by atoms with van der Waals surface area (Å²) in [7, 11) is -3.73. The summed E-state index contributed by atoms with van der Waals surface area (Å²) in [4.78, 5) is 12.8. The first-order chi connectivity index (χ1) is 15.0. The number of hydrogen-bond donors (Lipinski definition) is 1. The van der Waals surface area contributed by atoms with Crippen LogP contribution in [0.15, 0.2) is 83.8 Å². The average Bonchev–Trinajstić information content (AvgIpc) is 2.82. The number of carbonyl (C=O) groups excluding carboxylic acids is 1. The van der Waals surface area contributed by atoms with E-state index >= 15 is 0 Å². The number of anilines is 1. The zero-order valence-electron chi connectivity index (χ0n) is 16.7. The molecule has 3 aromatic carbocycles. The number of rotatable bonds is 6. The van der Waals surface area contributed by atoms with Crippen molar-refractivity contribution in [2.45, 2.75) is 4.90 Å². The zero-order valence-corrected chi connectivity index (χ0v) is 17.5. The molecular weight excluding hydrogens is 416 g/mol. The lowest BCUT2D eigenvalue weighted by Crippen LogP contribution is -2.40. The van der Waals surface area contributed by atoms with Crippen molar-refractivity contribution in [3.8, 4) is 11.5 Å². The molecule has 4 rings (SSSR count). The summed E-state index contributed by atoms with van der Waals surface area (Å²) in [5.74, 6) is 0.553. The lowest BCUT2D eigenvalue weighted by Gasteiger charge is -2.26. The van der Waals surface area contributed by atoms with Crippen molar-refractivity contribution in [1.82, 2.24) is 4.31 Å². The molecule has 1 heterocycles. The van der Waals surface area contributed by atoms with Crippen molar-refractivity contribution in [2.75, 3.05) is 31.6 Å². The van der Waals surface area contributed by atoms with E-state index in [-0.39, 0.29) is 29.6 Å². The molecule has 0 aliphatic carbocycles. The fourth-order valence-electron chi connectivity index (χ4n) is 3.19. The van der Waals surface area contributed by atoms with Crippen LogP contribution in [-0.4, -0.2) is 44.9 Å². The Kier molecular flexibility index (Phi) is 6.31. The molecule has 8 heteroatoms. The standard InChI is InChI=1S/C23H22N2O5S/c26-23(18-7-3-1-4-8-18)24-21-17-20(31(27,28)25-13-15-29-16-14-25)11-12-22(21)30-19-9-5-2-6-10-19/h1-12,17H,13-16H2,(H,24,26). The lowest BCUT2D eigenvalue weighted by atomic mass is 10.2. The number of nitrogens with zero attached hydrogens (tertiary/aromatic N) is 1. The number of para-hydroxylation sites is 1. The van der Waals surface area contributed by atoms with Gasteiger partial charge in [-0.2, -0.15) is 4.31 Å². The molecule has 1 aliphatic rings. The van der Waals surface area contributed by atoms with Gasteiger partial charge in [0.25, 0.3) is 5.91 Å². The Morgan fingerprint density at radius 3 is 2.23 bits per heavy atom. The first kappa shape index (κ1) is 21.0. The maximum atomic E-state index is 13.1. The normalized spacial score (nSPS) is 14.7. The van der Waals surface area contributed by atoms with Crippen LogP contribution in [0.25, 0.3) is 0 Å². The molecule has 1 saturated heterocycles. The van der Waals surface area contributed by atoms with Crippen LogP contribution in [0.5, 0.6) is 11.5 Å². The van der Waals surface area contributed by atoms with Crippen molar-refractivity contribution < 1.29 is 22.7 Å². The van der Waals surface area contributed by atoms with Crippen LogP contribution < -0.4 is 10.1 Å². The highest BCUT2D eigenvalue weighted by Crippen LogP contribution is 2.33. The predicted molar refractivity (Wildman–Crippen MR) is 117 cm³/mol. The van der Waals surface area contributed by atoms with Gasteiger partial charge < -0.3 is 14.8 Å². The third-order valence-electron chi connectivity index (χ3n) is 4.81. The second kappa shape index (κ2) is 9.30. The molecule has 1 amide bonds. The van der Waals surface area contributed by atoms with Crippen molar-refractivity contribution in [3.05, 3.63) is 84.4 Å². The second-order valence-electron chi connectivity index (χ2n) is 6.91. The lowest BCUT2D eigenvalue weighted by molar-refractivity contribution is 0.0730. The van der Waals surface area contributed by atoms with Gasteiger partial charge >= 0.3 is 0 Å². The van der Waals surface area contributed by atoms with Crippen LogP contribution in [0, 0.1) is 0 Å². The van der Waals surface area contributed by atoms with Gasteiger partial charge in [-0.05, 0) is 42.5 Å².